The van der Waals surface area contributed by atoms with E-state index in [4.69, 9.17) is 28.3 Å². The number of aromatic nitrogens is 2. The van der Waals surface area contributed by atoms with Gasteiger partial charge in [-0.15, -0.1) is 0 Å². The summed E-state index contributed by atoms with van der Waals surface area (Å²) in [6.45, 7) is 0. The Morgan fingerprint density at radius 1 is 1.07 bits per heavy atom. The lowest BCUT2D eigenvalue weighted by Gasteiger charge is -2.14. The number of aromatic carboxylic acids is 1. The van der Waals surface area contributed by atoms with Crippen molar-refractivity contribution in [3.63, 3.8) is 0 Å². The van der Waals surface area contributed by atoms with Crippen LogP contribution in [0.5, 0.6) is 0 Å². The largest absolute Gasteiger partial charge is 0.478 e. The van der Waals surface area contributed by atoms with E-state index in [-0.39, 0.29) is 26.7 Å². The molecular weight excluding hydrogens is 418 g/mol. The molecule has 0 atom stereocenters. The number of benzene rings is 2. The molecule has 0 saturated carbocycles. The first-order chi connectivity index (χ1) is 13.9. The Hall–Kier alpha value is -2.70. The van der Waals surface area contributed by atoms with Gasteiger partial charge in [0.2, 0.25) is 0 Å². The van der Waals surface area contributed by atoms with Gasteiger partial charge in [-0.1, -0.05) is 29.3 Å². The van der Waals surface area contributed by atoms with Crippen molar-refractivity contribution in [1.82, 2.24) is 9.78 Å². The van der Waals surface area contributed by atoms with Gasteiger partial charge < -0.3 is 5.11 Å². The first-order valence-electron chi connectivity index (χ1n) is 9.01. The molecule has 29 heavy (non-hydrogen) atoms. The molecule has 1 aliphatic rings. The Morgan fingerprint density at radius 2 is 1.76 bits per heavy atom. The highest BCUT2D eigenvalue weighted by Gasteiger charge is 2.28. The van der Waals surface area contributed by atoms with E-state index in [1.807, 2.05) is 0 Å². The molecule has 0 unspecified atom stereocenters. The lowest BCUT2D eigenvalue weighted by molar-refractivity contribution is 0.0696. The average molecular weight is 433 g/mol. The summed E-state index contributed by atoms with van der Waals surface area (Å²) >= 11 is 12.4. The second-order valence-electron chi connectivity index (χ2n) is 6.79. The van der Waals surface area contributed by atoms with Crippen molar-refractivity contribution in [3.05, 3.63) is 74.6 Å². The van der Waals surface area contributed by atoms with Gasteiger partial charge in [0.05, 0.1) is 32.6 Å². The summed E-state index contributed by atoms with van der Waals surface area (Å²) in [4.78, 5) is 24.3. The topological polar surface area (TPSA) is 72.2 Å². The molecule has 8 heteroatoms. The van der Waals surface area contributed by atoms with Crippen LogP contribution in [0.2, 0.25) is 10.0 Å². The van der Waals surface area contributed by atoms with Crippen LogP contribution < -0.4 is 0 Å². The summed E-state index contributed by atoms with van der Waals surface area (Å²) in [5.74, 6) is -2.40. The van der Waals surface area contributed by atoms with Crippen LogP contribution in [0.4, 0.5) is 4.39 Å². The molecule has 1 aromatic heterocycles. The molecule has 3 aromatic rings. The third-order valence-corrected chi connectivity index (χ3v) is 5.65. The van der Waals surface area contributed by atoms with Crippen molar-refractivity contribution in [2.75, 3.05) is 0 Å². The third kappa shape index (κ3) is 3.43. The highest BCUT2D eigenvalue weighted by Crippen LogP contribution is 2.34. The smallest absolute Gasteiger partial charge is 0.335 e. The zero-order valence-corrected chi connectivity index (χ0v) is 16.6. The van der Waals surface area contributed by atoms with Crippen LogP contribution in [-0.2, 0) is 12.8 Å². The van der Waals surface area contributed by atoms with Gasteiger partial charge in [-0.25, -0.2) is 9.18 Å². The average Bonchev–Trinajstić information content (AvgIpc) is 3.07. The number of hydrogen-bond donors (Lipinski definition) is 1. The highest BCUT2D eigenvalue weighted by atomic mass is 35.5. The van der Waals surface area contributed by atoms with Crippen LogP contribution in [0.1, 0.15) is 44.8 Å². The number of carbonyl (C=O) groups is 2. The molecule has 0 spiro atoms. The molecule has 1 N–H and O–H groups in total. The van der Waals surface area contributed by atoms with Crippen molar-refractivity contribution in [3.8, 4) is 11.3 Å². The lowest BCUT2D eigenvalue weighted by atomic mass is 9.93. The summed E-state index contributed by atoms with van der Waals surface area (Å²) < 4.78 is 15.9. The van der Waals surface area contributed by atoms with Crippen LogP contribution in [0, 0.1) is 5.82 Å². The molecular formula is C21H15Cl2FN2O3. The second kappa shape index (κ2) is 7.61. The molecule has 0 fully saturated rings. The monoisotopic (exact) mass is 432 g/mol. The fourth-order valence-electron chi connectivity index (χ4n) is 3.63. The summed E-state index contributed by atoms with van der Waals surface area (Å²) in [6.07, 6.45) is 3.03. The number of hydrogen-bond acceptors (Lipinski definition) is 3. The van der Waals surface area contributed by atoms with Crippen LogP contribution in [-0.4, -0.2) is 26.8 Å². The third-order valence-electron chi connectivity index (χ3n) is 5.02. The van der Waals surface area contributed by atoms with Gasteiger partial charge in [-0.2, -0.15) is 9.78 Å². The number of carboxylic acids is 1. The number of nitrogens with zero attached hydrogens (tertiary/aromatic N) is 2. The minimum Gasteiger partial charge on any atom is -0.478 e. The first-order valence-corrected chi connectivity index (χ1v) is 9.76. The van der Waals surface area contributed by atoms with E-state index >= 15 is 0 Å². The minimum atomic E-state index is -1.22. The highest BCUT2D eigenvalue weighted by molar-refractivity contribution is 6.39. The van der Waals surface area contributed by atoms with Gasteiger partial charge in [0.1, 0.15) is 5.82 Å². The van der Waals surface area contributed by atoms with E-state index in [1.165, 1.54) is 16.8 Å². The molecule has 4 rings (SSSR count). The Bertz CT molecular complexity index is 1140. The predicted molar refractivity (Wildman–Crippen MR) is 107 cm³/mol. The van der Waals surface area contributed by atoms with Crippen molar-refractivity contribution < 1.29 is 19.1 Å². The zero-order valence-electron chi connectivity index (χ0n) is 15.1. The van der Waals surface area contributed by atoms with Gasteiger partial charge in [0.15, 0.2) is 0 Å². The van der Waals surface area contributed by atoms with Gasteiger partial charge in [-0.3, -0.25) is 4.79 Å². The van der Waals surface area contributed by atoms with Gasteiger partial charge >= 0.3 is 5.97 Å². The molecule has 0 aliphatic heterocycles. The van der Waals surface area contributed by atoms with E-state index in [9.17, 15) is 14.0 Å². The summed E-state index contributed by atoms with van der Waals surface area (Å²) in [5.41, 5.74) is 1.97. The van der Waals surface area contributed by atoms with Crippen molar-refractivity contribution in [1.29, 1.82) is 0 Å². The summed E-state index contributed by atoms with van der Waals surface area (Å²) in [7, 11) is 0. The SMILES string of the molecule is O=C(O)c1ccc(-c2nn(C(=O)c3c(Cl)cccc3Cl)c3c2CCCC3)c(F)c1. The van der Waals surface area contributed by atoms with Crippen LogP contribution in [0.25, 0.3) is 11.3 Å². The molecule has 1 heterocycles. The standard InChI is InChI=1S/C21H15Cl2FN2O3/c22-14-5-3-6-15(23)18(14)20(27)26-17-7-2-1-4-13(17)19(25-26)12-9-8-11(21(28)29)10-16(12)24/h3,5-6,8-10H,1-2,4,7H2,(H,28,29). The molecule has 148 valence electrons. The summed E-state index contributed by atoms with van der Waals surface area (Å²) in [5, 5.41) is 13.9. The Balaban J connectivity index is 1.88. The number of halogens is 3. The number of fused-ring (bicyclic) bond motifs is 1. The maximum atomic E-state index is 14.7. The van der Waals surface area contributed by atoms with E-state index < -0.39 is 17.7 Å². The number of carbonyl (C=O) groups excluding carboxylic acids is 1. The maximum Gasteiger partial charge on any atom is 0.335 e. The van der Waals surface area contributed by atoms with Gasteiger partial charge in [0.25, 0.3) is 5.91 Å². The van der Waals surface area contributed by atoms with Gasteiger partial charge in [-0.05, 0) is 56.0 Å². The fourth-order valence-corrected chi connectivity index (χ4v) is 4.19. The van der Waals surface area contributed by atoms with Crippen LogP contribution in [0.3, 0.4) is 0 Å². The Kier molecular flexibility index (Phi) is 5.15. The van der Waals surface area contributed by atoms with Crippen LogP contribution in [0.15, 0.2) is 36.4 Å². The van der Waals surface area contributed by atoms with Gasteiger partial charge in [0, 0.05) is 11.1 Å². The van der Waals surface area contributed by atoms with E-state index in [1.54, 1.807) is 18.2 Å². The lowest BCUT2D eigenvalue weighted by Crippen LogP contribution is -2.19. The molecule has 1 aliphatic carbocycles. The fraction of sp³-hybridized carbons (Fsp3) is 0.190. The molecule has 0 radical (unpaired) electrons. The molecule has 0 bridgehead atoms. The van der Waals surface area contributed by atoms with Crippen molar-refractivity contribution >= 4 is 35.1 Å². The maximum absolute atomic E-state index is 14.7. The second-order valence-corrected chi connectivity index (χ2v) is 7.61. The zero-order chi connectivity index (χ0) is 20.7. The van der Waals surface area contributed by atoms with E-state index in [2.05, 4.69) is 5.10 Å². The quantitative estimate of drug-likeness (QED) is 0.612. The molecule has 0 saturated heterocycles. The molecule has 5 nitrogen and oxygen atoms in total. The van der Waals surface area contributed by atoms with E-state index in [0.717, 1.165) is 24.5 Å². The van der Waals surface area contributed by atoms with Crippen LogP contribution >= 0.6 is 23.2 Å². The normalized spacial score (nSPS) is 13.2. The molecule has 0 amide bonds. The number of rotatable bonds is 3. The Morgan fingerprint density at radius 3 is 2.41 bits per heavy atom. The Labute approximate surface area is 175 Å². The van der Waals surface area contributed by atoms with E-state index in [0.29, 0.717) is 24.2 Å². The minimum absolute atomic E-state index is 0.139. The van der Waals surface area contributed by atoms with Crippen molar-refractivity contribution in [2.45, 2.75) is 25.7 Å². The molecule has 2 aromatic carbocycles. The summed E-state index contributed by atoms with van der Waals surface area (Å²) in [6, 6.07) is 8.45. The number of carboxylic acid groups (broad SMARTS) is 1. The predicted octanol–water partition coefficient (Wildman–Crippen LogP) is 5.26. The first kappa shape index (κ1) is 19.6. The van der Waals surface area contributed by atoms with Crippen molar-refractivity contribution in [2.24, 2.45) is 0 Å².